The van der Waals surface area contributed by atoms with Crippen LogP contribution in [0.2, 0.25) is 0 Å². The molecule has 1 aliphatic rings. The Labute approximate surface area is 155 Å². The summed E-state index contributed by atoms with van der Waals surface area (Å²) in [5, 5.41) is 10.3. The summed E-state index contributed by atoms with van der Waals surface area (Å²) in [7, 11) is 0. The molecule has 150 valence electrons. The van der Waals surface area contributed by atoms with Gasteiger partial charge in [0.05, 0.1) is 0 Å². The number of nitrogens with zero attached hydrogens (tertiary/aromatic N) is 2. The van der Waals surface area contributed by atoms with Crippen molar-refractivity contribution in [2.45, 2.75) is 67.7 Å². The summed E-state index contributed by atoms with van der Waals surface area (Å²) in [6, 6.07) is 0. The van der Waals surface area contributed by atoms with Gasteiger partial charge in [-0.05, 0) is 37.0 Å². The normalized spacial score (nSPS) is 16.2. The standard InChI is InChI=1S/C12H26.C8H16N2O3/c1-10(2)7-8-12(5,6)9-11(3)4;1-2-13-7-8(11)9-3-5-10(12)6-4-9/h10-11H,7-9H2,1-6H3;12H,2-7H2,1H3. The van der Waals surface area contributed by atoms with Gasteiger partial charge in [-0.3, -0.25) is 4.79 Å². The number of hydrogen-bond acceptors (Lipinski definition) is 4. The van der Waals surface area contributed by atoms with Gasteiger partial charge < -0.3 is 14.8 Å². The molecule has 0 atom stereocenters. The van der Waals surface area contributed by atoms with E-state index in [0.717, 1.165) is 11.8 Å². The van der Waals surface area contributed by atoms with Gasteiger partial charge in [0.1, 0.15) is 6.61 Å². The number of amides is 1. The molecule has 0 saturated carbocycles. The van der Waals surface area contributed by atoms with Gasteiger partial charge in [0, 0.05) is 32.8 Å². The topological polar surface area (TPSA) is 53.0 Å². The van der Waals surface area contributed by atoms with E-state index in [9.17, 15) is 4.79 Å². The molecule has 5 nitrogen and oxygen atoms in total. The second-order valence-electron chi connectivity index (χ2n) is 8.67. The first-order valence-electron chi connectivity index (χ1n) is 9.86. The first-order chi connectivity index (χ1) is 11.6. The molecule has 1 saturated heterocycles. The van der Waals surface area contributed by atoms with Crippen molar-refractivity contribution >= 4 is 5.91 Å². The quantitative estimate of drug-likeness (QED) is 0.711. The first kappa shape index (κ1) is 24.4. The lowest BCUT2D eigenvalue weighted by Gasteiger charge is -2.30. The fourth-order valence-electron chi connectivity index (χ4n) is 3.11. The number of carbonyl (C=O) groups is 1. The lowest BCUT2D eigenvalue weighted by atomic mass is 9.79. The van der Waals surface area contributed by atoms with Crippen LogP contribution >= 0.6 is 0 Å². The summed E-state index contributed by atoms with van der Waals surface area (Å²) in [6.07, 6.45) is 4.11. The lowest BCUT2D eigenvalue weighted by Crippen LogP contribution is -2.48. The molecule has 0 unspecified atom stereocenters. The zero-order valence-corrected chi connectivity index (χ0v) is 17.7. The molecular formula is C20H42N2O3. The zero-order chi connectivity index (χ0) is 19.5. The summed E-state index contributed by atoms with van der Waals surface area (Å²) in [6.45, 7) is 18.9. The molecule has 1 N–H and O–H groups in total. The van der Waals surface area contributed by atoms with Crippen LogP contribution in [0, 0.1) is 17.3 Å². The average molecular weight is 359 g/mol. The van der Waals surface area contributed by atoms with Crippen LogP contribution in [0.25, 0.3) is 0 Å². The van der Waals surface area contributed by atoms with Crippen LogP contribution < -0.4 is 0 Å². The van der Waals surface area contributed by atoms with E-state index in [4.69, 9.17) is 9.94 Å². The van der Waals surface area contributed by atoms with Crippen molar-refractivity contribution in [2.75, 3.05) is 39.4 Å². The highest BCUT2D eigenvalue weighted by atomic mass is 16.5. The Bertz CT molecular complexity index is 349. The van der Waals surface area contributed by atoms with Crippen molar-refractivity contribution in [1.29, 1.82) is 0 Å². The molecule has 1 heterocycles. The average Bonchev–Trinajstić information content (AvgIpc) is 2.51. The fraction of sp³-hybridized carbons (Fsp3) is 0.950. The van der Waals surface area contributed by atoms with E-state index in [1.54, 1.807) is 4.90 Å². The number of ether oxygens (including phenoxy) is 1. The Kier molecular flexibility index (Phi) is 12.3. The summed E-state index contributed by atoms with van der Waals surface area (Å²) in [5.41, 5.74) is 0.554. The number of rotatable bonds is 8. The summed E-state index contributed by atoms with van der Waals surface area (Å²) in [5.74, 6) is 1.71. The second kappa shape index (κ2) is 12.7. The number of carbonyl (C=O) groups excluding carboxylic acids is 1. The predicted molar refractivity (Wildman–Crippen MR) is 104 cm³/mol. The molecule has 0 aromatic heterocycles. The largest absolute Gasteiger partial charge is 0.372 e. The number of piperazine rings is 1. The van der Waals surface area contributed by atoms with Crippen LogP contribution in [-0.2, 0) is 9.53 Å². The van der Waals surface area contributed by atoms with E-state index in [1.807, 2.05) is 6.92 Å². The third-order valence-corrected chi connectivity index (χ3v) is 4.40. The Morgan fingerprint density at radius 1 is 1.08 bits per heavy atom. The fourth-order valence-corrected chi connectivity index (χ4v) is 3.11. The Morgan fingerprint density at radius 2 is 1.64 bits per heavy atom. The Hall–Kier alpha value is -0.650. The lowest BCUT2D eigenvalue weighted by molar-refractivity contribution is -0.149. The molecule has 1 fully saturated rings. The highest BCUT2D eigenvalue weighted by Crippen LogP contribution is 2.31. The SMILES string of the molecule is CC(C)CCC(C)(C)CC(C)C.CCOCC(=O)N1CCN(O)CC1. The number of hydrogen-bond donors (Lipinski definition) is 1. The monoisotopic (exact) mass is 358 g/mol. The molecule has 25 heavy (non-hydrogen) atoms. The molecule has 0 radical (unpaired) electrons. The van der Waals surface area contributed by atoms with Gasteiger partial charge in [-0.15, -0.1) is 0 Å². The third kappa shape index (κ3) is 13.2. The van der Waals surface area contributed by atoms with Crippen LogP contribution in [0.15, 0.2) is 0 Å². The maximum absolute atomic E-state index is 11.4. The Balaban J connectivity index is 0.000000463. The van der Waals surface area contributed by atoms with Crippen molar-refractivity contribution in [3.8, 4) is 0 Å². The summed E-state index contributed by atoms with van der Waals surface area (Å²) in [4.78, 5) is 13.1. The van der Waals surface area contributed by atoms with E-state index < -0.39 is 0 Å². The highest BCUT2D eigenvalue weighted by molar-refractivity contribution is 5.77. The zero-order valence-electron chi connectivity index (χ0n) is 17.7. The molecular weight excluding hydrogens is 316 g/mol. The van der Waals surface area contributed by atoms with Gasteiger partial charge >= 0.3 is 0 Å². The van der Waals surface area contributed by atoms with Crippen LogP contribution in [0.1, 0.15) is 67.7 Å². The van der Waals surface area contributed by atoms with Crippen molar-refractivity contribution < 1.29 is 14.7 Å². The van der Waals surface area contributed by atoms with Gasteiger partial charge in [0.15, 0.2) is 0 Å². The second-order valence-corrected chi connectivity index (χ2v) is 8.67. The van der Waals surface area contributed by atoms with Crippen LogP contribution in [0.3, 0.4) is 0 Å². The minimum absolute atomic E-state index is 0.00921. The molecule has 0 spiro atoms. The van der Waals surface area contributed by atoms with Crippen LogP contribution in [0.4, 0.5) is 0 Å². The van der Waals surface area contributed by atoms with Gasteiger partial charge in [-0.1, -0.05) is 48.0 Å². The molecule has 0 bridgehead atoms. The molecule has 1 aliphatic heterocycles. The maximum atomic E-state index is 11.4. The molecule has 0 aromatic carbocycles. The van der Waals surface area contributed by atoms with Crippen molar-refractivity contribution in [3.63, 3.8) is 0 Å². The molecule has 0 aliphatic carbocycles. The van der Waals surface area contributed by atoms with Crippen LogP contribution in [0.5, 0.6) is 0 Å². The van der Waals surface area contributed by atoms with E-state index in [1.165, 1.54) is 24.3 Å². The van der Waals surface area contributed by atoms with Crippen LogP contribution in [-0.4, -0.2) is 60.5 Å². The van der Waals surface area contributed by atoms with Crippen molar-refractivity contribution in [1.82, 2.24) is 9.96 Å². The molecule has 1 rings (SSSR count). The van der Waals surface area contributed by atoms with Crippen molar-refractivity contribution in [2.24, 2.45) is 17.3 Å². The maximum Gasteiger partial charge on any atom is 0.248 e. The highest BCUT2D eigenvalue weighted by Gasteiger charge is 2.20. The van der Waals surface area contributed by atoms with Gasteiger partial charge in [-0.2, -0.15) is 5.06 Å². The van der Waals surface area contributed by atoms with E-state index in [2.05, 4.69) is 41.5 Å². The predicted octanol–water partition coefficient (Wildman–Crippen LogP) is 4.05. The smallest absolute Gasteiger partial charge is 0.248 e. The van der Waals surface area contributed by atoms with Gasteiger partial charge in [0.2, 0.25) is 5.91 Å². The third-order valence-electron chi connectivity index (χ3n) is 4.40. The minimum Gasteiger partial charge on any atom is -0.372 e. The molecule has 0 aromatic rings. The summed E-state index contributed by atoms with van der Waals surface area (Å²) >= 11 is 0. The van der Waals surface area contributed by atoms with Gasteiger partial charge in [0.25, 0.3) is 0 Å². The van der Waals surface area contributed by atoms with E-state index >= 15 is 0 Å². The van der Waals surface area contributed by atoms with Crippen molar-refractivity contribution in [3.05, 3.63) is 0 Å². The number of hydroxylamine groups is 2. The van der Waals surface area contributed by atoms with E-state index in [0.29, 0.717) is 38.2 Å². The molecule has 5 heteroatoms. The van der Waals surface area contributed by atoms with Gasteiger partial charge in [-0.25, -0.2) is 0 Å². The molecule has 1 amide bonds. The first-order valence-corrected chi connectivity index (χ1v) is 9.86. The summed E-state index contributed by atoms with van der Waals surface area (Å²) < 4.78 is 5.01. The minimum atomic E-state index is 0.00921. The van der Waals surface area contributed by atoms with E-state index in [-0.39, 0.29) is 12.5 Å². The Morgan fingerprint density at radius 3 is 2.08 bits per heavy atom.